The Labute approximate surface area is 120 Å². The highest BCUT2D eigenvalue weighted by molar-refractivity contribution is 6.04. The van der Waals surface area contributed by atoms with E-state index in [0.717, 1.165) is 0 Å². The largest absolute Gasteiger partial charge is 0.493 e. The van der Waals surface area contributed by atoms with E-state index in [1.807, 2.05) is 0 Å². The van der Waals surface area contributed by atoms with Gasteiger partial charge in [-0.1, -0.05) is 0 Å². The molecule has 8 nitrogen and oxygen atoms in total. The fourth-order valence-corrected chi connectivity index (χ4v) is 1.88. The average molecular weight is 293 g/mol. The van der Waals surface area contributed by atoms with E-state index in [9.17, 15) is 14.4 Å². The van der Waals surface area contributed by atoms with Crippen molar-refractivity contribution in [2.24, 2.45) is 0 Å². The standard InChI is InChI=1S/C13H15N3O5/c1-20-9-4-3-7(5-10(9)21-2)11(17)14-6-8-12(18)16-13(19)15-8/h3-5,8H,6H2,1-2H3,(H,14,17)(H2,15,16,18,19). The van der Waals surface area contributed by atoms with Crippen molar-refractivity contribution in [3.63, 3.8) is 0 Å². The van der Waals surface area contributed by atoms with E-state index in [4.69, 9.17) is 9.47 Å². The van der Waals surface area contributed by atoms with Crippen LogP contribution in [-0.4, -0.2) is 44.7 Å². The van der Waals surface area contributed by atoms with Crippen molar-refractivity contribution in [2.45, 2.75) is 6.04 Å². The SMILES string of the molecule is COc1ccc(C(=O)NCC2NC(=O)NC2=O)cc1OC. The van der Waals surface area contributed by atoms with Gasteiger partial charge in [-0.25, -0.2) is 4.79 Å². The maximum atomic E-state index is 12.0. The lowest BCUT2D eigenvalue weighted by atomic mass is 10.2. The predicted octanol–water partition coefficient (Wildman–Crippen LogP) is -0.358. The molecule has 1 heterocycles. The van der Waals surface area contributed by atoms with Gasteiger partial charge in [0.2, 0.25) is 0 Å². The van der Waals surface area contributed by atoms with E-state index in [2.05, 4.69) is 16.0 Å². The second kappa shape index (κ2) is 6.12. The predicted molar refractivity (Wildman–Crippen MR) is 72.3 cm³/mol. The third-order valence-corrected chi connectivity index (χ3v) is 2.97. The normalized spacial score (nSPS) is 17.0. The van der Waals surface area contributed by atoms with E-state index in [0.29, 0.717) is 17.1 Å². The lowest BCUT2D eigenvalue weighted by Crippen LogP contribution is -2.41. The molecule has 3 N–H and O–H groups in total. The summed E-state index contributed by atoms with van der Waals surface area (Å²) >= 11 is 0. The summed E-state index contributed by atoms with van der Waals surface area (Å²) in [5.74, 6) is 0.0889. The molecule has 1 unspecified atom stereocenters. The summed E-state index contributed by atoms with van der Waals surface area (Å²) in [6.45, 7) is 0.00471. The second-order valence-electron chi connectivity index (χ2n) is 4.30. The monoisotopic (exact) mass is 293 g/mol. The number of benzene rings is 1. The first-order valence-corrected chi connectivity index (χ1v) is 6.16. The van der Waals surface area contributed by atoms with Crippen LogP contribution in [0, 0.1) is 0 Å². The zero-order valence-electron chi connectivity index (χ0n) is 11.6. The van der Waals surface area contributed by atoms with Crippen molar-refractivity contribution in [1.82, 2.24) is 16.0 Å². The van der Waals surface area contributed by atoms with Gasteiger partial charge in [0.1, 0.15) is 6.04 Å². The number of hydrogen-bond acceptors (Lipinski definition) is 5. The summed E-state index contributed by atoms with van der Waals surface area (Å²) in [6, 6.07) is 3.38. The van der Waals surface area contributed by atoms with Crippen molar-refractivity contribution < 1.29 is 23.9 Å². The molecule has 1 fully saturated rings. The third-order valence-electron chi connectivity index (χ3n) is 2.97. The quantitative estimate of drug-likeness (QED) is 0.643. The number of hydrogen-bond donors (Lipinski definition) is 3. The maximum Gasteiger partial charge on any atom is 0.322 e. The lowest BCUT2D eigenvalue weighted by Gasteiger charge is -2.11. The molecule has 2 rings (SSSR count). The Morgan fingerprint density at radius 2 is 1.95 bits per heavy atom. The summed E-state index contributed by atoms with van der Waals surface area (Å²) in [5, 5.41) is 7.05. The molecule has 1 aliphatic heterocycles. The molecule has 1 aromatic rings. The molecule has 1 saturated heterocycles. The van der Waals surface area contributed by atoms with Gasteiger partial charge in [-0.15, -0.1) is 0 Å². The second-order valence-corrected chi connectivity index (χ2v) is 4.30. The number of amides is 4. The Balaban J connectivity index is 2.00. The minimum atomic E-state index is -0.762. The Morgan fingerprint density at radius 1 is 1.24 bits per heavy atom. The van der Waals surface area contributed by atoms with E-state index < -0.39 is 18.0 Å². The smallest absolute Gasteiger partial charge is 0.322 e. The van der Waals surface area contributed by atoms with Gasteiger partial charge in [0.25, 0.3) is 11.8 Å². The molecule has 0 aromatic heterocycles. The highest BCUT2D eigenvalue weighted by Gasteiger charge is 2.29. The van der Waals surface area contributed by atoms with Crippen LogP contribution < -0.4 is 25.4 Å². The van der Waals surface area contributed by atoms with Gasteiger partial charge in [-0.05, 0) is 18.2 Å². The summed E-state index contributed by atoms with van der Waals surface area (Å²) < 4.78 is 10.2. The molecule has 0 bridgehead atoms. The zero-order valence-corrected chi connectivity index (χ0v) is 11.6. The van der Waals surface area contributed by atoms with Crippen molar-refractivity contribution in [1.29, 1.82) is 0 Å². The van der Waals surface area contributed by atoms with Crippen molar-refractivity contribution in [3.05, 3.63) is 23.8 Å². The number of imide groups is 1. The van der Waals surface area contributed by atoms with Gasteiger partial charge in [0, 0.05) is 12.1 Å². The minimum absolute atomic E-state index is 0.00471. The Hall–Kier alpha value is -2.77. The zero-order chi connectivity index (χ0) is 15.4. The molecular formula is C13H15N3O5. The topological polar surface area (TPSA) is 106 Å². The number of nitrogens with one attached hydrogen (secondary N) is 3. The number of methoxy groups -OCH3 is 2. The summed E-state index contributed by atoms with van der Waals surface area (Å²) in [6.07, 6.45) is 0. The number of urea groups is 1. The molecule has 0 spiro atoms. The first kappa shape index (κ1) is 14.6. The van der Waals surface area contributed by atoms with Gasteiger partial charge in [-0.2, -0.15) is 0 Å². The van der Waals surface area contributed by atoms with Crippen LogP contribution in [0.4, 0.5) is 4.79 Å². The molecule has 112 valence electrons. The van der Waals surface area contributed by atoms with E-state index in [1.165, 1.54) is 20.3 Å². The van der Waals surface area contributed by atoms with Crippen LogP contribution in [-0.2, 0) is 4.79 Å². The van der Waals surface area contributed by atoms with Crippen LogP contribution in [0.15, 0.2) is 18.2 Å². The van der Waals surface area contributed by atoms with E-state index in [-0.39, 0.29) is 12.5 Å². The van der Waals surface area contributed by atoms with Crippen LogP contribution >= 0.6 is 0 Å². The first-order chi connectivity index (χ1) is 10.0. The number of carbonyl (C=O) groups excluding carboxylic acids is 3. The van der Waals surface area contributed by atoms with Gasteiger partial charge in [0.15, 0.2) is 11.5 Å². The molecule has 0 saturated carbocycles. The maximum absolute atomic E-state index is 12.0. The Bertz CT molecular complexity index is 587. The van der Waals surface area contributed by atoms with Crippen LogP contribution in [0.1, 0.15) is 10.4 Å². The highest BCUT2D eigenvalue weighted by Crippen LogP contribution is 2.27. The molecule has 1 aromatic carbocycles. The molecular weight excluding hydrogens is 278 g/mol. The Kier molecular flexibility index (Phi) is 4.27. The lowest BCUT2D eigenvalue weighted by molar-refractivity contribution is -0.120. The molecule has 1 atom stereocenters. The van der Waals surface area contributed by atoms with Crippen LogP contribution in [0.25, 0.3) is 0 Å². The van der Waals surface area contributed by atoms with Gasteiger partial charge >= 0.3 is 6.03 Å². The van der Waals surface area contributed by atoms with Crippen molar-refractivity contribution in [2.75, 3.05) is 20.8 Å². The van der Waals surface area contributed by atoms with Crippen LogP contribution in [0.3, 0.4) is 0 Å². The highest BCUT2D eigenvalue weighted by atomic mass is 16.5. The van der Waals surface area contributed by atoms with Crippen LogP contribution in [0.5, 0.6) is 11.5 Å². The van der Waals surface area contributed by atoms with E-state index in [1.54, 1.807) is 12.1 Å². The molecule has 8 heteroatoms. The minimum Gasteiger partial charge on any atom is -0.493 e. The number of rotatable bonds is 5. The summed E-state index contributed by atoms with van der Waals surface area (Å²) in [4.78, 5) is 34.3. The molecule has 0 radical (unpaired) electrons. The fourth-order valence-electron chi connectivity index (χ4n) is 1.88. The van der Waals surface area contributed by atoms with Crippen molar-refractivity contribution >= 4 is 17.8 Å². The van der Waals surface area contributed by atoms with E-state index >= 15 is 0 Å². The third kappa shape index (κ3) is 3.22. The summed E-state index contributed by atoms with van der Waals surface area (Å²) in [5.41, 5.74) is 0.359. The number of ether oxygens (including phenoxy) is 2. The first-order valence-electron chi connectivity index (χ1n) is 6.16. The summed E-state index contributed by atoms with van der Waals surface area (Å²) in [7, 11) is 2.97. The van der Waals surface area contributed by atoms with Crippen LogP contribution in [0.2, 0.25) is 0 Å². The molecule has 21 heavy (non-hydrogen) atoms. The average Bonchev–Trinajstić information content (AvgIpc) is 2.81. The fraction of sp³-hybridized carbons (Fsp3) is 0.308. The van der Waals surface area contributed by atoms with Gasteiger partial charge in [-0.3, -0.25) is 14.9 Å². The molecule has 1 aliphatic rings. The Morgan fingerprint density at radius 3 is 2.52 bits per heavy atom. The van der Waals surface area contributed by atoms with Crippen molar-refractivity contribution in [3.8, 4) is 11.5 Å². The molecule has 4 amide bonds. The molecule has 0 aliphatic carbocycles. The number of carbonyl (C=O) groups is 3. The van der Waals surface area contributed by atoms with Gasteiger partial charge in [0.05, 0.1) is 14.2 Å². The van der Waals surface area contributed by atoms with Gasteiger partial charge < -0.3 is 20.1 Å².